The topological polar surface area (TPSA) is 70.6 Å². The smallest absolute Gasteiger partial charge is 0.191 e. The average Bonchev–Trinajstić information content (AvgIpc) is 2.44. The minimum Gasteiger partial charge on any atom is -0.357 e. The number of guanidine groups is 1. The van der Waals surface area contributed by atoms with E-state index in [2.05, 4.69) is 29.5 Å². The van der Waals surface area contributed by atoms with E-state index in [9.17, 15) is 8.42 Å². The number of aliphatic imine (C=N–C) groups is 1. The number of halogens is 1. The molecule has 1 rings (SSSR count). The Labute approximate surface area is 165 Å². The molecule has 0 heterocycles. The van der Waals surface area contributed by atoms with Crippen LogP contribution in [0.2, 0.25) is 0 Å². The third kappa shape index (κ3) is 7.45. The molecule has 0 unspecified atom stereocenters. The Balaban J connectivity index is 0.00000529. The summed E-state index contributed by atoms with van der Waals surface area (Å²) in [7, 11) is -3.13. The molecule has 1 fully saturated rings. The Kier molecular flexibility index (Phi) is 10.2. The van der Waals surface area contributed by atoms with Crippen LogP contribution in [0.3, 0.4) is 0 Å². The lowest BCUT2D eigenvalue weighted by Gasteiger charge is -2.32. The maximum atomic E-state index is 11.8. The predicted molar refractivity (Wildman–Crippen MR) is 114 cm³/mol. The first-order valence-corrected chi connectivity index (χ1v) is 10.7. The Hall–Kier alpha value is -0.0500. The molecule has 0 aliphatic heterocycles. The van der Waals surface area contributed by atoms with Crippen molar-refractivity contribution < 1.29 is 8.42 Å². The summed E-state index contributed by atoms with van der Waals surface area (Å²) in [5.41, 5.74) is 0. The van der Waals surface area contributed by atoms with Crippen LogP contribution in [0.1, 0.15) is 60.3 Å². The van der Waals surface area contributed by atoms with Crippen LogP contribution in [-0.4, -0.2) is 44.5 Å². The van der Waals surface area contributed by atoms with E-state index in [1.807, 2.05) is 6.92 Å². The SMILES string of the molecule is CCNC(=NCC(C)(C)S(C)(=O)=O)NC1CCC(C(C)C)CC1.I. The summed E-state index contributed by atoms with van der Waals surface area (Å²) in [6.07, 6.45) is 6.09. The minimum atomic E-state index is -3.13. The highest BCUT2D eigenvalue weighted by atomic mass is 127. The van der Waals surface area contributed by atoms with Crippen LogP contribution < -0.4 is 10.6 Å². The first kappa shape index (κ1) is 23.9. The molecular formula is C17H36IN3O2S. The summed E-state index contributed by atoms with van der Waals surface area (Å²) in [5, 5.41) is 6.72. The van der Waals surface area contributed by atoms with E-state index < -0.39 is 14.6 Å². The molecule has 0 radical (unpaired) electrons. The quantitative estimate of drug-likeness (QED) is 0.353. The lowest BCUT2D eigenvalue weighted by molar-refractivity contribution is 0.250. The predicted octanol–water partition coefficient (Wildman–Crippen LogP) is 3.20. The molecule has 0 saturated heterocycles. The Bertz CT molecular complexity index is 496. The van der Waals surface area contributed by atoms with Crippen LogP contribution in [0.15, 0.2) is 4.99 Å². The first-order chi connectivity index (χ1) is 10.6. The molecule has 5 nitrogen and oxygen atoms in total. The highest BCUT2D eigenvalue weighted by molar-refractivity contribution is 14.0. The van der Waals surface area contributed by atoms with E-state index in [0.717, 1.165) is 37.2 Å². The van der Waals surface area contributed by atoms with Crippen LogP contribution in [0.4, 0.5) is 0 Å². The van der Waals surface area contributed by atoms with Crippen molar-refractivity contribution in [3.63, 3.8) is 0 Å². The Morgan fingerprint density at radius 2 is 1.75 bits per heavy atom. The number of sulfone groups is 1. The molecule has 1 aliphatic carbocycles. The summed E-state index contributed by atoms with van der Waals surface area (Å²) in [5.74, 6) is 2.32. The molecule has 1 aliphatic rings. The van der Waals surface area contributed by atoms with E-state index in [1.54, 1.807) is 13.8 Å². The molecule has 2 N–H and O–H groups in total. The van der Waals surface area contributed by atoms with Crippen molar-refractivity contribution in [3.05, 3.63) is 0 Å². The normalized spacial score (nSPS) is 22.9. The molecule has 0 bridgehead atoms. The van der Waals surface area contributed by atoms with Gasteiger partial charge in [0.2, 0.25) is 0 Å². The number of hydrogen-bond donors (Lipinski definition) is 2. The molecular weight excluding hydrogens is 437 g/mol. The van der Waals surface area contributed by atoms with Crippen molar-refractivity contribution in [2.24, 2.45) is 16.8 Å². The maximum absolute atomic E-state index is 11.8. The molecule has 7 heteroatoms. The van der Waals surface area contributed by atoms with Gasteiger partial charge in [-0.15, -0.1) is 24.0 Å². The molecule has 1 saturated carbocycles. The summed E-state index contributed by atoms with van der Waals surface area (Å²) >= 11 is 0. The molecule has 24 heavy (non-hydrogen) atoms. The van der Waals surface area contributed by atoms with Gasteiger partial charge < -0.3 is 10.6 Å². The second-order valence-corrected chi connectivity index (χ2v) is 10.4. The van der Waals surface area contributed by atoms with Crippen LogP contribution in [0, 0.1) is 11.8 Å². The second kappa shape index (κ2) is 10.2. The Morgan fingerprint density at radius 3 is 2.17 bits per heavy atom. The van der Waals surface area contributed by atoms with Crippen molar-refractivity contribution in [2.75, 3.05) is 19.3 Å². The minimum absolute atomic E-state index is 0. The molecule has 0 amide bonds. The molecule has 144 valence electrons. The van der Waals surface area contributed by atoms with Gasteiger partial charge in [0.15, 0.2) is 15.8 Å². The zero-order valence-electron chi connectivity index (χ0n) is 16.1. The van der Waals surface area contributed by atoms with Gasteiger partial charge in [0.05, 0.1) is 11.3 Å². The fraction of sp³-hybridized carbons (Fsp3) is 0.941. The largest absolute Gasteiger partial charge is 0.357 e. The summed E-state index contributed by atoms with van der Waals surface area (Å²) in [6, 6.07) is 0.434. The van der Waals surface area contributed by atoms with Gasteiger partial charge >= 0.3 is 0 Å². The molecule has 0 spiro atoms. The molecule has 0 aromatic carbocycles. The van der Waals surface area contributed by atoms with Gasteiger partial charge in [0.25, 0.3) is 0 Å². The van der Waals surface area contributed by atoms with Gasteiger partial charge in [-0.2, -0.15) is 0 Å². The fourth-order valence-electron chi connectivity index (χ4n) is 2.83. The highest BCUT2D eigenvalue weighted by Gasteiger charge is 2.30. The summed E-state index contributed by atoms with van der Waals surface area (Å²) in [4.78, 5) is 4.52. The maximum Gasteiger partial charge on any atom is 0.191 e. The van der Waals surface area contributed by atoms with Crippen molar-refractivity contribution in [1.29, 1.82) is 0 Å². The number of hydrogen-bond acceptors (Lipinski definition) is 3. The summed E-state index contributed by atoms with van der Waals surface area (Å²) in [6.45, 7) is 11.1. The summed E-state index contributed by atoms with van der Waals surface area (Å²) < 4.78 is 22.8. The van der Waals surface area contributed by atoms with Crippen LogP contribution in [0.5, 0.6) is 0 Å². The van der Waals surface area contributed by atoms with Gasteiger partial charge in [-0.25, -0.2) is 8.42 Å². The van der Waals surface area contributed by atoms with E-state index >= 15 is 0 Å². The number of nitrogens with zero attached hydrogens (tertiary/aromatic N) is 1. The van der Waals surface area contributed by atoms with Crippen molar-refractivity contribution in [1.82, 2.24) is 10.6 Å². The standard InChI is InChI=1S/C17H35N3O2S.HI/c1-7-18-16(19-12-17(4,5)23(6,21)22)20-15-10-8-14(9-11-15)13(2)3;/h13-15H,7-12H2,1-6H3,(H2,18,19,20);1H. The molecule has 0 aromatic heterocycles. The van der Waals surface area contributed by atoms with Gasteiger partial charge in [0, 0.05) is 18.8 Å². The highest BCUT2D eigenvalue weighted by Crippen LogP contribution is 2.29. The van der Waals surface area contributed by atoms with E-state index in [4.69, 9.17) is 0 Å². The van der Waals surface area contributed by atoms with E-state index in [0.29, 0.717) is 6.04 Å². The van der Waals surface area contributed by atoms with E-state index in [1.165, 1.54) is 19.1 Å². The number of nitrogens with one attached hydrogen (secondary N) is 2. The third-order valence-corrected chi connectivity index (χ3v) is 7.16. The molecule has 0 aromatic rings. The van der Waals surface area contributed by atoms with Crippen LogP contribution in [-0.2, 0) is 9.84 Å². The molecule has 0 atom stereocenters. The van der Waals surface area contributed by atoms with Crippen molar-refractivity contribution >= 4 is 39.8 Å². The monoisotopic (exact) mass is 473 g/mol. The third-order valence-electron chi connectivity index (χ3n) is 5.02. The fourth-order valence-corrected chi connectivity index (χ4v) is 3.13. The zero-order chi connectivity index (χ0) is 17.7. The van der Waals surface area contributed by atoms with Gasteiger partial charge in [-0.05, 0) is 58.3 Å². The zero-order valence-corrected chi connectivity index (χ0v) is 19.2. The van der Waals surface area contributed by atoms with Crippen LogP contribution in [0.25, 0.3) is 0 Å². The second-order valence-electron chi connectivity index (χ2n) is 7.73. The van der Waals surface area contributed by atoms with Gasteiger partial charge in [-0.1, -0.05) is 13.8 Å². The van der Waals surface area contributed by atoms with Crippen molar-refractivity contribution in [2.45, 2.75) is 71.1 Å². The van der Waals surface area contributed by atoms with E-state index in [-0.39, 0.29) is 30.5 Å². The van der Waals surface area contributed by atoms with Crippen molar-refractivity contribution in [3.8, 4) is 0 Å². The lowest BCUT2D eigenvalue weighted by Crippen LogP contribution is -2.46. The average molecular weight is 473 g/mol. The number of rotatable bonds is 6. The Morgan fingerprint density at radius 1 is 1.21 bits per heavy atom. The lowest BCUT2D eigenvalue weighted by atomic mass is 9.80. The van der Waals surface area contributed by atoms with Crippen LogP contribution >= 0.6 is 24.0 Å². The van der Waals surface area contributed by atoms with Gasteiger partial charge in [0.1, 0.15) is 0 Å². The van der Waals surface area contributed by atoms with Gasteiger partial charge in [-0.3, -0.25) is 4.99 Å². The first-order valence-electron chi connectivity index (χ1n) is 8.81.